The largest absolute Gasteiger partial charge is 0.250 e. The summed E-state index contributed by atoms with van der Waals surface area (Å²) >= 11 is 5.96. The third-order valence-corrected chi connectivity index (χ3v) is 2.88. The van der Waals surface area contributed by atoms with Crippen LogP contribution in [0.5, 0.6) is 0 Å². The lowest BCUT2D eigenvalue weighted by molar-refractivity contribution is 0.418. The van der Waals surface area contributed by atoms with E-state index >= 15 is 0 Å². The van der Waals surface area contributed by atoms with Gasteiger partial charge in [0.25, 0.3) is 0 Å². The van der Waals surface area contributed by atoms with Crippen molar-refractivity contribution in [3.63, 3.8) is 0 Å². The van der Waals surface area contributed by atoms with E-state index in [1.807, 2.05) is 24.3 Å². The van der Waals surface area contributed by atoms with Gasteiger partial charge in [0, 0.05) is 10.4 Å². The van der Waals surface area contributed by atoms with Gasteiger partial charge in [-0.25, -0.2) is 0 Å². The van der Waals surface area contributed by atoms with E-state index in [0.717, 1.165) is 18.4 Å². The number of alkyl halides is 1. The topological polar surface area (TPSA) is 0 Å². The molecule has 0 saturated heterocycles. The molecule has 2 heteroatoms. The van der Waals surface area contributed by atoms with E-state index in [9.17, 15) is 4.39 Å². The number of hydrogen-bond donors (Lipinski definition) is 0. The Kier molecular flexibility index (Phi) is 1.84. The summed E-state index contributed by atoms with van der Waals surface area (Å²) in [5.41, 5.74) is 0.757. The zero-order valence-corrected chi connectivity index (χ0v) is 7.44. The van der Waals surface area contributed by atoms with Crippen molar-refractivity contribution in [3.8, 4) is 0 Å². The summed E-state index contributed by atoms with van der Waals surface area (Å²) < 4.78 is 12.6. The van der Waals surface area contributed by atoms with E-state index in [4.69, 9.17) is 11.6 Å². The lowest BCUT2D eigenvalue weighted by atomic mass is 9.98. The fourth-order valence-corrected chi connectivity index (χ4v) is 1.85. The monoisotopic (exact) mass is 184 g/mol. The van der Waals surface area contributed by atoms with Gasteiger partial charge >= 0.3 is 0 Å². The van der Waals surface area contributed by atoms with Gasteiger partial charge in [0.2, 0.25) is 0 Å². The second-order valence-electron chi connectivity index (χ2n) is 3.39. The minimum atomic E-state index is -0.281. The van der Waals surface area contributed by atoms with Crippen molar-refractivity contribution in [3.05, 3.63) is 34.9 Å². The van der Waals surface area contributed by atoms with Gasteiger partial charge < -0.3 is 0 Å². The van der Waals surface area contributed by atoms with Crippen LogP contribution in [0.25, 0.3) is 0 Å². The third-order valence-electron chi connectivity index (χ3n) is 2.55. The van der Waals surface area contributed by atoms with Gasteiger partial charge in [0.15, 0.2) is 0 Å². The highest BCUT2D eigenvalue weighted by Crippen LogP contribution is 2.50. The lowest BCUT2D eigenvalue weighted by Gasteiger charge is -2.11. The van der Waals surface area contributed by atoms with Gasteiger partial charge in [-0.05, 0) is 24.5 Å². The summed E-state index contributed by atoms with van der Waals surface area (Å²) in [6, 6.07) is 7.54. The molecule has 64 valence electrons. The molecule has 1 aromatic carbocycles. The molecule has 0 atom stereocenters. The Labute approximate surface area is 76.4 Å². The van der Waals surface area contributed by atoms with Crippen molar-refractivity contribution in [2.24, 2.45) is 0 Å². The highest BCUT2D eigenvalue weighted by atomic mass is 35.5. The van der Waals surface area contributed by atoms with E-state index < -0.39 is 0 Å². The minimum absolute atomic E-state index is 0.224. The molecule has 2 rings (SSSR count). The summed E-state index contributed by atoms with van der Waals surface area (Å²) in [6.07, 6.45) is 1.88. The summed E-state index contributed by atoms with van der Waals surface area (Å²) in [7, 11) is 0. The fraction of sp³-hybridized carbons (Fsp3) is 0.400. The normalized spacial score (nSPS) is 19.2. The number of hydrogen-bond acceptors (Lipinski definition) is 0. The third kappa shape index (κ3) is 1.13. The van der Waals surface area contributed by atoms with Crippen LogP contribution in [0.2, 0.25) is 5.02 Å². The fourth-order valence-electron chi connectivity index (χ4n) is 1.52. The summed E-state index contributed by atoms with van der Waals surface area (Å²) in [4.78, 5) is 0. The Balaban J connectivity index is 2.40. The molecular weight excluding hydrogens is 175 g/mol. The maximum Gasteiger partial charge on any atom is 0.0991 e. The van der Waals surface area contributed by atoms with Gasteiger partial charge in [0.1, 0.15) is 0 Å². The van der Waals surface area contributed by atoms with Crippen LogP contribution >= 0.6 is 11.6 Å². The van der Waals surface area contributed by atoms with E-state index in [2.05, 4.69) is 0 Å². The Morgan fingerprint density at radius 2 is 2.00 bits per heavy atom. The van der Waals surface area contributed by atoms with Crippen molar-refractivity contribution in [2.75, 3.05) is 6.67 Å². The minimum Gasteiger partial charge on any atom is -0.250 e. The molecule has 0 bridgehead atoms. The molecule has 1 aliphatic carbocycles. The van der Waals surface area contributed by atoms with Crippen LogP contribution in [-0.4, -0.2) is 6.67 Å². The van der Waals surface area contributed by atoms with Crippen LogP contribution in [0, 0.1) is 0 Å². The molecule has 1 fully saturated rings. The second kappa shape index (κ2) is 2.74. The standard InChI is InChI=1S/C10H10ClF/c11-9-4-2-1-3-8(9)10(7-12)5-6-10/h1-4H,5-7H2. The average Bonchev–Trinajstić information content (AvgIpc) is 2.86. The Hall–Kier alpha value is -0.560. The van der Waals surface area contributed by atoms with Crippen LogP contribution in [0.4, 0.5) is 4.39 Å². The first-order valence-corrected chi connectivity index (χ1v) is 4.47. The molecule has 0 spiro atoms. The maximum absolute atomic E-state index is 12.6. The number of benzene rings is 1. The van der Waals surface area contributed by atoms with E-state index in [1.54, 1.807) is 0 Å². The molecule has 1 aliphatic rings. The molecule has 0 radical (unpaired) electrons. The molecule has 1 saturated carbocycles. The van der Waals surface area contributed by atoms with Crippen molar-refractivity contribution in [2.45, 2.75) is 18.3 Å². The van der Waals surface area contributed by atoms with Gasteiger partial charge in [-0.15, -0.1) is 0 Å². The van der Waals surface area contributed by atoms with Crippen LogP contribution in [0.15, 0.2) is 24.3 Å². The molecule has 1 aromatic rings. The molecular formula is C10H10ClF. The van der Waals surface area contributed by atoms with E-state index in [0.29, 0.717) is 5.02 Å². The Bertz CT molecular complexity index is 292. The first-order valence-electron chi connectivity index (χ1n) is 4.09. The average molecular weight is 185 g/mol. The van der Waals surface area contributed by atoms with Crippen LogP contribution in [0.3, 0.4) is 0 Å². The molecule has 0 aliphatic heterocycles. The predicted octanol–water partition coefficient (Wildman–Crippen LogP) is 3.34. The highest BCUT2D eigenvalue weighted by molar-refractivity contribution is 6.31. The van der Waals surface area contributed by atoms with Gasteiger partial charge in [-0.1, -0.05) is 29.8 Å². The molecule has 0 N–H and O–H groups in total. The molecule has 0 aromatic heterocycles. The molecule has 0 unspecified atom stereocenters. The molecule has 0 amide bonds. The van der Waals surface area contributed by atoms with Gasteiger partial charge in [0.05, 0.1) is 6.67 Å². The zero-order chi connectivity index (χ0) is 8.60. The van der Waals surface area contributed by atoms with Crippen LogP contribution in [0.1, 0.15) is 18.4 Å². The van der Waals surface area contributed by atoms with Crippen molar-refractivity contribution in [1.82, 2.24) is 0 Å². The summed E-state index contributed by atoms with van der Waals surface area (Å²) in [5.74, 6) is 0. The van der Waals surface area contributed by atoms with Crippen molar-refractivity contribution < 1.29 is 4.39 Å². The first kappa shape index (κ1) is 8.06. The summed E-state index contributed by atoms with van der Waals surface area (Å²) in [6.45, 7) is -0.281. The smallest absolute Gasteiger partial charge is 0.0991 e. The SMILES string of the molecule is FCC1(c2ccccc2Cl)CC1. The summed E-state index contributed by atoms with van der Waals surface area (Å²) in [5, 5.41) is 0.702. The highest BCUT2D eigenvalue weighted by Gasteiger charge is 2.45. The van der Waals surface area contributed by atoms with E-state index in [1.165, 1.54) is 0 Å². The van der Waals surface area contributed by atoms with Crippen LogP contribution < -0.4 is 0 Å². The first-order chi connectivity index (χ1) is 5.78. The maximum atomic E-state index is 12.6. The molecule has 12 heavy (non-hydrogen) atoms. The van der Waals surface area contributed by atoms with Gasteiger partial charge in [-0.2, -0.15) is 0 Å². The predicted molar refractivity (Wildman–Crippen MR) is 48.3 cm³/mol. The van der Waals surface area contributed by atoms with E-state index in [-0.39, 0.29) is 12.1 Å². The zero-order valence-electron chi connectivity index (χ0n) is 6.69. The quantitative estimate of drug-likeness (QED) is 0.662. The van der Waals surface area contributed by atoms with Crippen molar-refractivity contribution >= 4 is 11.6 Å². The number of halogens is 2. The molecule has 0 nitrogen and oxygen atoms in total. The molecule has 0 heterocycles. The lowest BCUT2D eigenvalue weighted by Crippen LogP contribution is -2.09. The van der Waals surface area contributed by atoms with Crippen LogP contribution in [-0.2, 0) is 5.41 Å². The van der Waals surface area contributed by atoms with Gasteiger partial charge in [-0.3, -0.25) is 4.39 Å². The second-order valence-corrected chi connectivity index (χ2v) is 3.80. The van der Waals surface area contributed by atoms with Crippen molar-refractivity contribution in [1.29, 1.82) is 0 Å². The Morgan fingerprint density at radius 3 is 2.50 bits per heavy atom. The Morgan fingerprint density at radius 1 is 1.33 bits per heavy atom. The number of rotatable bonds is 2.